The van der Waals surface area contributed by atoms with Crippen LogP contribution in [0.4, 0.5) is 10.1 Å². The number of methoxy groups -OCH3 is 1. The van der Waals surface area contributed by atoms with Gasteiger partial charge in [-0.15, -0.1) is 0 Å². The SMILES string of the molecule is COc1c(C)cc(N2CCNCC2)c(O)c1F. The smallest absolute Gasteiger partial charge is 0.209 e. The highest BCUT2D eigenvalue weighted by molar-refractivity contribution is 5.64. The largest absolute Gasteiger partial charge is 0.503 e. The first kappa shape index (κ1) is 12.0. The third kappa shape index (κ3) is 2.15. The van der Waals surface area contributed by atoms with Gasteiger partial charge in [-0.25, -0.2) is 0 Å². The van der Waals surface area contributed by atoms with Crippen LogP contribution in [0.5, 0.6) is 11.5 Å². The van der Waals surface area contributed by atoms with Crippen LogP contribution in [0.1, 0.15) is 5.56 Å². The number of anilines is 1. The van der Waals surface area contributed by atoms with Gasteiger partial charge >= 0.3 is 0 Å². The Morgan fingerprint density at radius 2 is 2.06 bits per heavy atom. The van der Waals surface area contributed by atoms with E-state index in [9.17, 15) is 9.50 Å². The lowest BCUT2D eigenvalue weighted by atomic mass is 10.1. The summed E-state index contributed by atoms with van der Waals surface area (Å²) in [5.74, 6) is -0.892. The van der Waals surface area contributed by atoms with Crippen molar-refractivity contribution in [2.75, 3.05) is 38.2 Å². The third-order valence-electron chi connectivity index (χ3n) is 3.02. The average Bonchev–Trinajstić information content (AvgIpc) is 2.35. The molecule has 1 aliphatic rings. The molecule has 1 heterocycles. The molecule has 2 N–H and O–H groups in total. The van der Waals surface area contributed by atoms with E-state index in [1.807, 2.05) is 4.90 Å². The first-order chi connectivity index (χ1) is 8.15. The molecule has 0 radical (unpaired) electrons. The molecule has 94 valence electrons. The van der Waals surface area contributed by atoms with Crippen LogP contribution < -0.4 is 15.0 Å². The van der Waals surface area contributed by atoms with E-state index in [1.54, 1.807) is 13.0 Å². The first-order valence-electron chi connectivity index (χ1n) is 5.67. The average molecular weight is 240 g/mol. The van der Waals surface area contributed by atoms with E-state index in [4.69, 9.17) is 4.74 Å². The van der Waals surface area contributed by atoms with Gasteiger partial charge in [0.1, 0.15) is 0 Å². The van der Waals surface area contributed by atoms with E-state index in [2.05, 4.69) is 5.32 Å². The van der Waals surface area contributed by atoms with Crippen LogP contribution in [-0.2, 0) is 0 Å². The Hall–Kier alpha value is -1.49. The molecule has 0 atom stereocenters. The number of nitrogens with one attached hydrogen (secondary N) is 1. The van der Waals surface area contributed by atoms with Gasteiger partial charge in [-0.2, -0.15) is 4.39 Å². The van der Waals surface area contributed by atoms with E-state index < -0.39 is 5.82 Å². The molecule has 0 aliphatic carbocycles. The van der Waals surface area contributed by atoms with Gasteiger partial charge < -0.3 is 20.1 Å². The number of phenolic OH excluding ortho intramolecular Hbond substituents is 1. The second-order valence-electron chi connectivity index (χ2n) is 4.15. The van der Waals surface area contributed by atoms with Crippen molar-refractivity contribution in [3.05, 3.63) is 17.4 Å². The van der Waals surface area contributed by atoms with Crippen molar-refractivity contribution in [2.45, 2.75) is 6.92 Å². The molecule has 0 saturated carbocycles. The molecular formula is C12H17FN2O2. The summed E-state index contributed by atoms with van der Waals surface area (Å²) in [7, 11) is 1.40. The standard InChI is InChI=1S/C12H17FN2O2/c1-8-7-9(15-5-3-14-4-6-15)11(16)10(13)12(8)17-2/h7,14,16H,3-6H2,1-2H3. The predicted octanol–water partition coefficient (Wildman–Crippen LogP) is 1.26. The van der Waals surface area contributed by atoms with Gasteiger partial charge in [-0.3, -0.25) is 0 Å². The Morgan fingerprint density at radius 3 is 2.65 bits per heavy atom. The maximum Gasteiger partial charge on any atom is 0.209 e. The molecule has 1 aromatic rings. The summed E-state index contributed by atoms with van der Waals surface area (Å²) >= 11 is 0. The van der Waals surface area contributed by atoms with Gasteiger partial charge in [-0.1, -0.05) is 0 Å². The summed E-state index contributed by atoms with van der Waals surface area (Å²) < 4.78 is 18.8. The van der Waals surface area contributed by atoms with Crippen LogP contribution in [0, 0.1) is 12.7 Å². The minimum absolute atomic E-state index is 0.112. The number of phenols is 1. The molecule has 0 unspecified atom stereocenters. The molecule has 0 amide bonds. The normalized spacial score (nSPS) is 16.1. The van der Waals surface area contributed by atoms with Crippen LogP contribution in [0.3, 0.4) is 0 Å². The number of ether oxygens (including phenoxy) is 1. The Morgan fingerprint density at radius 1 is 1.41 bits per heavy atom. The van der Waals surface area contributed by atoms with E-state index in [1.165, 1.54) is 7.11 Å². The van der Waals surface area contributed by atoms with Gasteiger partial charge in [0.15, 0.2) is 11.5 Å². The Bertz CT molecular complexity index is 417. The summed E-state index contributed by atoms with van der Waals surface area (Å²) in [4.78, 5) is 1.97. The quantitative estimate of drug-likeness (QED) is 0.817. The number of benzene rings is 1. The molecule has 0 bridgehead atoms. The van der Waals surface area contributed by atoms with Crippen molar-refractivity contribution in [1.29, 1.82) is 0 Å². The van der Waals surface area contributed by atoms with Crippen LogP contribution in [0.2, 0.25) is 0 Å². The number of hydrogen-bond donors (Lipinski definition) is 2. The van der Waals surface area contributed by atoms with Crippen LogP contribution in [0.15, 0.2) is 6.07 Å². The molecule has 1 saturated heterocycles. The van der Waals surface area contributed by atoms with Crippen molar-refractivity contribution in [3.63, 3.8) is 0 Å². The highest BCUT2D eigenvalue weighted by Crippen LogP contribution is 2.38. The minimum atomic E-state index is -0.680. The van der Waals surface area contributed by atoms with E-state index >= 15 is 0 Å². The number of rotatable bonds is 2. The number of aryl methyl sites for hydroxylation is 1. The Labute approximate surface area is 100.0 Å². The van der Waals surface area contributed by atoms with E-state index in [0.29, 0.717) is 11.3 Å². The number of hydrogen-bond acceptors (Lipinski definition) is 4. The summed E-state index contributed by atoms with van der Waals surface area (Å²) in [5, 5.41) is 13.1. The fraction of sp³-hybridized carbons (Fsp3) is 0.500. The van der Waals surface area contributed by atoms with Crippen molar-refractivity contribution < 1.29 is 14.2 Å². The minimum Gasteiger partial charge on any atom is -0.503 e. The Kier molecular flexibility index (Phi) is 3.38. The summed E-state index contributed by atoms with van der Waals surface area (Å²) in [6, 6.07) is 1.77. The number of nitrogens with zero attached hydrogens (tertiary/aromatic N) is 1. The molecular weight excluding hydrogens is 223 g/mol. The van der Waals surface area contributed by atoms with Crippen LogP contribution >= 0.6 is 0 Å². The molecule has 2 rings (SSSR count). The molecule has 17 heavy (non-hydrogen) atoms. The van der Waals surface area contributed by atoms with Gasteiger partial charge in [0, 0.05) is 26.2 Å². The summed E-state index contributed by atoms with van der Waals surface area (Å²) in [5.41, 5.74) is 1.23. The zero-order chi connectivity index (χ0) is 12.4. The fourth-order valence-electron chi connectivity index (χ4n) is 2.13. The zero-order valence-corrected chi connectivity index (χ0v) is 10.1. The van der Waals surface area contributed by atoms with E-state index in [-0.39, 0.29) is 11.5 Å². The van der Waals surface area contributed by atoms with Crippen molar-refractivity contribution in [3.8, 4) is 11.5 Å². The van der Waals surface area contributed by atoms with Crippen molar-refractivity contribution in [2.24, 2.45) is 0 Å². The van der Waals surface area contributed by atoms with Gasteiger partial charge in [0.25, 0.3) is 0 Å². The summed E-state index contributed by atoms with van der Waals surface area (Å²) in [6.07, 6.45) is 0. The highest BCUT2D eigenvalue weighted by atomic mass is 19.1. The second-order valence-corrected chi connectivity index (χ2v) is 4.15. The lowest BCUT2D eigenvalue weighted by Crippen LogP contribution is -2.43. The fourth-order valence-corrected chi connectivity index (χ4v) is 2.13. The van der Waals surface area contributed by atoms with Crippen molar-refractivity contribution in [1.82, 2.24) is 5.32 Å². The summed E-state index contributed by atoms with van der Waals surface area (Å²) in [6.45, 7) is 4.98. The molecule has 1 aliphatic heterocycles. The van der Waals surface area contributed by atoms with Gasteiger partial charge in [0.2, 0.25) is 5.82 Å². The molecule has 0 spiro atoms. The number of aromatic hydroxyl groups is 1. The van der Waals surface area contributed by atoms with Gasteiger partial charge in [0.05, 0.1) is 12.8 Å². The third-order valence-corrected chi connectivity index (χ3v) is 3.02. The highest BCUT2D eigenvalue weighted by Gasteiger charge is 2.21. The van der Waals surface area contributed by atoms with Crippen LogP contribution in [0.25, 0.3) is 0 Å². The topological polar surface area (TPSA) is 44.7 Å². The van der Waals surface area contributed by atoms with Crippen LogP contribution in [-0.4, -0.2) is 38.4 Å². The number of piperazine rings is 1. The lowest BCUT2D eigenvalue weighted by molar-refractivity contribution is 0.361. The number of halogens is 1. The second kappa shape index (κ2) is 4.79. The maximum absolute atomic E-state index is 13.9. The molecule has 4 nitrogen and oxygen atoms in total. The van der Waals surface area contributed by atoms with Crippen molar-refractivity contribution >= 4 is 5.69 Å². The monoisotopic (exact) mass is 240 g/mol. The maximum atomic E-state index is 13.9. The lowest BCUT2D eigenvalue weighted by Gasteiger charge is -2.30. The molecule has 0 aromatic heterocycles. The molecule has 1 fully saturated rings. The molecule has 1 aromatic carbocycles. The van der Waals surface area contributed by atoms with Gasteiger partial charge in [-0.05, 0) is 18.6 Å². The Balaban J connectivity index is 2.40. The molecule has 5 heteroatoms. The first-order valence-corrected chi connectivity index (χ1v) is 5.67. The zero-order valence-electron chi connectivity index (χ0n) is 10.1. The predicted molar refractivity (Wildman–Crippen MR) is 64.4 cm³/mol. The van der Waals surface area contributed by atoms with E-state index in [0.717, 1.165) is 26.2 Å².